The molecule has 0 atom stereocenters. The topological polar surface area (TPSA) is 53.2 Å². The summed E-state index contributed by atoms with van der Waals surface area (Å²) in [4.78, 5) is 12.1. The summed E-state index contributed by atoms with van der Waals surface area (Å²) in [6, 6.07) is 8.06. The van der Waals surface area contributed by atoms with Crippen LogP contribution in [0.15, 0.2) is 24.3 Å². The molecule has 0 radical (unpaired) electrons. The first-order valence-corrected chi connectivity index (χ1v) is 8.94. The van der Waals surface area contributed by atoms with Crippen molar-refractivity contribution in [3.05, 3.63) is 35.4 Å². The number of carbonyl (C=O) groups excluding carboxylic acids is 1. The number of nitrogens with one attached hydrogen (secondary N) is 3. The summed E-state index contributed by atoms with van der Waals surface area (Å²) in [5.74, 6) is 0.726. The number of hydrazine groups is 1. The third-order valence-corrected chi connectivity index (χ3v) is 4.32. The average Bonchev–Trinajstić information content (AvgIpc) is 2.98. The molecule has 21 heavy (non-hydrogen) atoms. The van der Waals surface area contributed by atoms with Crippen LogP contribution in [0.2, 0.25) is 0 Å². The molecule has 3 N–H and O–H groups in total. The highest BCUT2D eigenvalue weighted by atomic mass is 32.2. The second-order valence-electron chi connectivity index (χ2n) is 5.17. The highest BCUT2D eigenvalue weighted by Gasteiger charge is 2.15. The molecular formula is C15H21N3OS2. The summed E-state index contributed by atoms with van der Waals surface area (Å²) in [5, 5.41) is 3.70. The Balaban J connectivity index is 1.80. The number of hydrogen-bond acceptors (Lipinski definition) is 3. The van der Waals surface area contributed by atoms with Gasteiger partial charge in [0, 0.05) is 17.4 Å². The molecule has 4 nitrogen and oxygen atoms in total. The number of carbonyl (C=O) groups is 1. The van der Waals surface area contributed by atoms with Gasteiger partial charge in [-0.2, -0.15) is 11.8 Å². The van der Waals surface area contributed by atoms with E-state index in [1.807, 2.05) is 24.5 Å². The summed E-state index contributed by atoms with van der Waals surface area (Å²) < 4.78 is 0. The quantitative estimate of drug-likeness (QED) is 0.587. The van der Waals surface area contributed by atoms with Crippen molar-refractivity contribution in [2.24, 2.45) is 0 Å². The van der Waals surface area contributed by atoms with E-state index >= 15 is 0 Å². The zero-order valence-electron chi connectivity index (χ0n) is 12.1. The van der Waals surface area contributed by atoms with Crippen molar-refractivity contribution < 1.29 is 4.79 Å². The molecule has 6 heteroatoms. The van der Waals surface area contributed by atoms with Crippen LogP contribution in [0.25, 0.3) is 0 Å². The van der Waals surface area contributed by atoms with Gasteiger partial charge in [-0.05, 0) is 49.0 Å². The zero-order chi connectivity index (χ0) is 15.1. The lowest BCUT2D eigenvalue weighted by molar-refractivity contribution is 0.0943. The summed E-state index contributed by atoms with van der Waals surface area (Å²) in [6.45, 7) is 0. The van der Waals surface area contributed by atoms with Gasteiger partial charge in [0.05, 0.1) is 0 Å². The Morgan fingerprint density at radius 1 is 1.33 bits per heavy atom. The van der Waals surface area contributed by atoms with Crippen LogP contribution in [0, 0.1) is 0 Å². The monoisotopic (exact) mass is 323 g/mol. The van der Waals surface area contributed by atoms with Crippen LogP contribution in [0.5, 0.6) is 0 Å². The molecule has 1 saturated carbocycles. The van der Waals surface area contributed by atoms with Crippen molar-refractivity contribution in [2.45, 2.75) is 37.5 Å². The molecule has 1 aliphatic carbocycles. The lowest BCUT2D eigenvalue weighted by Crippen LogP contribution is -2.49. The van der Waals surface area contributed by atoms with Crippen molar-refractivity contribution in [1.82, 2.24) is 16.2 Å². The SMILES string of the molecule is CSCc1cccc(C(=O)NNC(=S)NC2CCCC2)c1. The lowest BCUT2D eigenvalue weighted by atomic mass is 10.1. The molecule has 2 rings (SSSR count). The van der Waals surface area contributed by atoms with E-state index in [1.54, 1.807) is 17.8 Å². The second kappa shape index (κ2) is 8.24. The fourth-order valence-electron chi connectivity index (χ4n) is 2.45. The van der Waals surface area contributed by atoms with Crippen molar-refractivity contribution in [1.29, 1.82) is 0 Å². The van der Waals surface area contributed by atoms with E-state index in [1.165, 1.54) is 12.8 Å². The molecule has 114 valence electrons. The van der Waals surface area contributed by atoms with Crippen LogP contribution in [0.1, 0.15) is 41.6 Å². The van der Waals surface area contributed by atoms with Gasteiger partial charge in [-0.1, -0.05) is 25.0 Å². The number of thioether (sulfide) groups is 1. The Bertz CT molecular complexity index is 501. The van der Waals surface area contributed by atoms with E-state index in [0.29, 0.717) is 16.7 Å². The van der Waals surface area contributed by atoms with E-state index in [4.69, 9.17) is 12.2 Å². The van der Waals surface area contributed by atoms with Crippen LogP contribution < -0.4 is 16.2 Å². The van der Waals surface area contributed by atoms with Gasteiger partial charge in [0.25, 0.3) is 5.91 Å². The number of rotatable bonds is 4. The molecule has 1 aromatic carbocycles. The summed E-state index contributed by atoms with van der Waals surface area (Å²) in [7, 11) is 0. The molecule has 0 heterocycles. The van der Waals surface area contributed by atoms with Crippen molar-refractivity contribution in [3.8, 4) is 0 Å². The van der Waals surface area contributed by atoms with Crippen LogP contribution in [-0.2, 0) is 5.75 Å². The fraction of sp³-hybridized carbons (Fsp3) is 0.467. The first kappa shape index (κ1) is 16.1. The Morgan fingerprint density at radius 2 is 2.10 bits per heavy atom. The minimum atomic E-state index is -0.173. The molecule has 1 amide bonds. The van der Waals surface area contributed by atoms with Gasteiger partial charge in [0.2, 0.25) is 0 Å². The van der Waals surface area contributed by atoms with Crippen LogP contribution in [0.3, 0.4) is 0 Å². The predicted octanol–water partition coefficient (Wildman–Crippen LogP) is 2.60. The Kier molecular flexibility index (Phi) is 6.32. The van der Waals surface area contributed by atoms with Gasteiger partial charge in [-0.15, -0.1) is 0 Å². The third-order valence-electron chi connectivity index (χ3n) is 3.48. The molecule has 0 unspecified atom stereocenters. The molecule has 1 fully saturated rings. The van der Waals surface area contributed by atoms with Gasteiger partial charge >= 0.3 is 0 Å². The van der Waals surface area contributed by atoms with Gasteiger partial charge in [0.15, 0.2) is 5.11 Å². The summed E-state index contributed by atoms with van der Waals surface area (Å²) >= 11 is 6.92. The van der Waals surface area contributed by atoms with Crippen LogP contribution in [-0.4, -0.2) is 23.3 Å². The van der Waals surface area contributed by atoms with E-state index in [-0.39, 0.29) is 5.91 Å². The largest absolute Gasteiger partial charge is 0.359 e. The molecule has 0 aliphatic heterocycles. The van der Waals surface area contributed by atoms with Crippen LogP contribution >= 0.6 is 24.0 Å². The summed E-state index contributed by atoms with van der Waals surface area (Å²) in [6.07, 6.45) is 6.82. The minimum Gasteiger partial charge on any atom is -0.359 e. The third kappa shape index (κ3) is 5.21. The normalized spacial score (nSPS) is 14.7. The maximum absolute atomic E-state index is 12.1. The van der Waals surface area contributed by atoms with Gasteiger partial charge in [0.1, 0.15) is 0 Å². The Hall–Kier alpha value is -1.27. The fourth-order valence-corrected chi connectivity index (χ4v) is 3.18. The molecule has 0 bridgehead atoms. The van der Waals surface area contributed by atoms with Gasteiger partial charge in [-0.3, -0.25) is 15.6 Å². The molecule has 1 aromatic rings. The first-order chi connectivity index (χ1) is 10.2. The van der Waals surface area contributed by atoms with Crippen LogP contribution in [0.4, 0.5) is 0 Å². The zero-order valence-corrected chi connectivity index (χ0v) is 13.8. The highest BCUT2D eigenvalue weighted by molar-refractivity contribution is 7.97. The number of thiocarbonyl (C=S) groups is 1. The molecule has 0 saturated heterocycles. The second-order valence-corrected chi connectivity index (χ2v) is 6.44. The highest BCUT2D eigenvalue weighted by Crippen LogP contribution is 2.17. The van der Waals surface area contributed by atoms with Gasteiger partial charge < -0.3 is 5.32 Å². The Labute approximate surface area is 135 Å². The average molecular weight is 323 g/mol. The Morgan fingerprint density at radius 3 is 2.81 bits per heavy atom. The molecule has 1 aliphatic rings. The van der Waals surface area contributed by atoms with E-state index in [2.05, 4.69) is 16.2 Å². The predicted molar refractivity (Wildman–Crippen MR) is 92.3 cm³/mol. The number of benzene rings is 1. The van der Waals surface area contributed by atoms with Crippen molar-refractivity contribution >= 4 is 35.0 Å². The maximum atomic E-state index is 12.1. The number of amides is 1. The molecule has 0 spiro atoms. The standard InChI is InChI=1S/C15H21N3OS2/c1-21-10-11-5-4-6-12(9-11)14(19)17-18-15(20)16-13-7-2-3-8-13/h4-6,9,13H,2-3,7-8,10H2,1H3,(H,17,19)(H2,16,18,20). The number of hydrogen-bond donors (Lipinski definition) is 3. The maximum Gasteiger partial charge on any atom is 0.269 e. The molecular weight excluding hydrogens is 302 g/mol. The van der Waals surface area contributed by atoms with Crippen molar-refractivity contribution in [2.75, 3.05) is 6.26 Å². The minimum absolute atomic E-state index is 0.173. The smallest absolute Gasteiger partial charge is 0.269 e. The van der Waals surface area contributed by atoms with E-state index in [9.17, 15) is 4.79 Å². The first-order valence-electron chi connectivity index (χ1n) is 7.14. The lowest BCUT2D eigenvalue weighted by Gasteiger charge is -2.16. The van der Waals surface area contributed by atoms with Gasteiger partial charge in [-0.25, -0.2) is 0 Å². The van der Waals surface area contributed by atoms with Crippen molar-refractivity contribution in [3.63, 3.8) is 0 Å². The summed E-state index contributed by atoms with van der Waals surface area (Å²) in [5.41, 5.74) is 7.19. The molecule has 0 aromatic heterocycles. The van der Waals surface area contributed by atoms with E-state index < -0.39 is 0 Å². The van der Waals surface area contributed by atoms with E-state index in [0.717, 1.165) is 24.2 Å².